The van der Waals surface area contributed by atoms with Crippen LogP contribution >= 0.6 is 0 Å². The zero-order valence-corrected chi connectivity index (χ0v) is 14.6. The van der Waals surface area contributed by atoms with Crippen molar-refractivity contribution in [3.8, 4) is 6.07 Å². The highest BCUT2D eigenvalue weighted by atomic mass is 16.2. The molecular weight excluding hydrogens is 332 g/mol. The standard InChI is InChI=1S/C18H22N6O2/c1-12(25)13-6-8-14(9-7-13)22-18(26)21-10-4-2-3-5-16-15(11-19)17(20)24-23-16/h6-9H,2-5,10H2,1H3,(H3,20,23,24)(H2,21,22,26). The molecule has 0 saturated heterocycles. The van der Waals surface area contributed by atoms with Crippen LogP contribution in [-0.2, 0) is 6.42 Å². The summed E-state index contributed by atoms with van der Waals surface area (Å²) in [6.07, 6.45) is 3.29. The van der Waals surface area contributed by atoms with Crippen molar-refractivity contribution in [2.45, 2.75) is 32.6 Å². The van der Waals surface area contributed by atoms with Crippen molar-refractivity contribution in [3.63, 3.8) is 0 Å². The number of aromatic nitrogens is 2. The van der Waals surface area contributed by atoms with Crippen molar-refractivity contribution in [3.05, 3.63) is 41.1 Å². The molecule has 0 saturated carbocycles. The van der Waals surface area contributed by atoms with Gasteiger partial charge in [0, 0.05) is 17.8 Å². The number of nitrogens with two attached hydrogens (primary N) is 1. The summed E-state index contributed by atoms with van der Waals surface area (Å²) < 4.78 is 0. The minimum atomic E-state index is -0.284. The third kappa shape index (κ3) is 5.34. The number of hydrogen-bond acceptors (Lipinski definition) is 5. The van der Waals surface area contributed by atoms with Crippen LogP contribution in [0.3, 0.4) is 0 Å². The molecule has 0 radical (unpaired) electrons. The van der Waals surface area contributed by atoms with E-state index in [2.05, 4.69) is 20.8 Å². The first kappa shape index (κ1) is 19.0. The number of nitrogens with zero attached hydrogens (tertiary/aromatic N) is 2. The maximum Gasteiger partial charge on any atom is 0.319 e. The molecule has 5 N–H and O–H groups in total. The van der Waals surface area contributed by atoms with Gasteiger partial charge in [0.05, 0.1) is 5.69 Å². The molecule has 1 aromatic carbocycles. The fourth-order valence-corrected chi connectivity index (χ4v) is 2.47. The summed E-state index contributed by atoms with van der Waals surface area (Å²) in [5.74, 6) is 0.220. The Morgan fingerprint density at radius 2 is 1.96 bits per heavy atom. The number of urea groups is 1. The van der Waals surface area contributed by atoms with Gasteiger partial charge in [0.15, 0.2) is 11.6 Å². The zero-order valence-electron chi connectivity index (χ0n) is 14.6. The minimum absolute atomic E-state index is 0.0132. The van der Waals surface area contributed by atoms with Gasteiger partial charge >= 0.3 is 6.03 Å². The fourth-order valence-electron chi connectivity index (χ4n) is 2.47. The van der Waals surface area contributed by atoms with Gasteiger partial charge in [-0.3, -0.25) is 9.89 Å². The highest BCUT2D eigenvalue weighted by Crippen LogP contribution is 2.14. The molecule has 0 spiro atoms. The van der Waals surface area contributed by atoms with E-state index in [0.717, 1.165) is 25.0 Å². The van der Waals surface area contributed by atoms with Gasteiger partial charge in [-0.1, -0.05) is 6.42 Å². The second-order valence-electron chi connectivity index (χ2n) is 5.90. The predicted molar refractivity (Wildman–Crippen MR) is 98.7 cm³/mol. The topological polar surface area (TPSA) is 137 Å². The fraction of sp³-hybridized carbons (Fsp3) is 0.333. The van der Waals surface area contributed by atoms with E-state index in [1.807, 2.05) is 6.07 Å². The number of rotatable bonds is 8. The van der Waals surface area contributed by atoms with Crippen molar-refractivity contribution < 1.29 is 9.59 Å². The number of nitrogen functional groups attached to an aromatic ring is 1. The molecule has 2 aromatic rings. The Labute approximate surface area is 151 Å². The normalized spacial score (nSPS) is 10.2. The first-order valence-corrected chi connectivity index (χ1v) is 8.40. The van der Waals surface area contributed by atoms with E-state index < -0.39 is 0 Å². The average Bonchev–Trinajstić information content (AvgIpc) is 2.98. The molecule has 0 atom stereocenters. The zero-order chi connectivity index (χ0) is 18.9. The van der Waals surface area contributed by atoms with Gasteiger partial charge in [0.25, 0.3) is 0 Å². The summed E-state index contributed by atoms with van der Waals surface area (Å²) >= 11 is 0. The molecule has 1 aromatic heterocycles. The predicted octanol–water partition coefficient (Wildman–Crippen LogP) is 2.60. The molecule has 0 unspecified atom stereocenters. The summed E-state index contributed by atoms with van der Waals surface area (Å²) in [5.41, 5.74) is 8.00. The number of carbonyl (C=O) groups excluding carboxylic acids is 2. The van der Waals surface area contributed by atoms with Crippen molar-refractivity contribution >= 4 is 23.3 Å². The van der Waals surface area contributed by atoms with Crippen molar-refractivity contribution in [1.29, 1.82) is 5.26 Å². The van der Waals surface area contributed by atoms with E-state index in [1.165, 1.54) is 6.92 Å². The largest absolute Gasteiger partial charge is 0.381 e. The lowest BCUT2D eigenvalue weighted by Crippen LogP contribution is -2.29. The molecule has 0 aliphatic carbocycles. The van der Waals surface area contributed by atoms with Gasteiger partial charge in [0.1, 0.15) is 11.6 Å². The van der Waals surface area contributed by atoms with E-state index in [4.69, 9.17) is 11.0 Å². The number of anilines is 2. The molecule has 8 heteroatoms. The molecule has 0 bridgehead atoms. The number of ketones is 1. The van der Waals surface area contributed by atoms with Gasteiger partial charge < -0.3 is 16.4 Å². The number of benzene rings is 1. The lowest BCUT2D eigenvalue weighted by molar-refractivity contribution is 0.101. The molecule has 1 heterocycles. The second kappa shape index (κ2) is 9.22. The molecule has 0 aliphatic heterocycles. The van der Waals surface area contributed by atoms with Crippen LogP contribution < -0.4 is 16.4 Å². The molecule has 26 heavy (non-hydrogen) atoms. The SMILES string of the molecule is CC(=O)c1ccc(NC(=O)NCCCCCc2[nH]nc(N)c2C#N)cc1. The maximum absolute atomic E-state index is 11.8. The first-order valence-electron chi connectivity index (χ1n) is 8.40. The summed E-state index contributed by atoms with van der Waals surface area (Å²) in [4.78, 5) is 23.0. The molecule has 0 aliphatic rings. The molecule has 8 nitrogen and oxygen atoms in total. The smallest absolute Gasteiger partial charge is 0.319 e. The van der Waals surface area contributed by atoms with Crippen LogP contribution in [0.5, 0.6) is 0 Å². The van der Waals surface area contributed by atoms with Gasteiger partial charge in [-0.05, 0) is 50.5 Å². The average molecular weight is 354 g/mol. The summed E-state index contributed by atoms with van der Waals surface area (Å²) in [6.45, 7) is 2.05. The van der Waals surface area contributed by atoms with Gasteiger partial charge in [0.2, 0.25) is 0 Å². The lowest BCUT2D eigenvalue weighted by Gasteiger charge is -2.08. The van der Waals surface area contributed by atoms with Crippen LogP contribution in [0.1, 0.15) is 47.8 Å². The van der Waals surface area contributed by atoms with E-state index in [0.29, 0.717) is 29.8 Å². The quantitative estimate of drug-likeness (QED) is 0.426. The van der Waals surface area contributed by atoms with Crippen LogP contribution in [0.4, 0.5) is 16.3 Å². The van der Waals surface area contributed by atoms with E-state index in [1.54, 1.807) is 24.3 Å². The van der Waals surface area contributed by atoms with Crippen LogP contribution in [0.25, 0.3) is 0 Å². The van der Waals surface area contributed by atoms with Crippen molar-refractivity contribution in [2.24, 2.45) is 0 Å². The van der Waals surface area contributed by atoms with E-state index in [9.17, 15) is 9.59 Å². The second-order valence-corrected chi connectivity index (χ2v) is 5.90. The number of unbranched alkanes of at least 4 members (excludes halogenated alkanes) is 2. The van der Waals surface area contributed by atoms with Crippen LogP contribution in [0.15, 0.2) is 24.3 Å². The van der Waals surface area contributed by atoms with Gasteiger partial charge in [-0.25, -0.2) is 4.79 Å². The third-order valence-electron chi connectivity index (χ3n) is 3.92. The number of hydrogen-bond donors (Lipinski definition) is 4. The van der Waals surface area contributed by atoms with Crippen molar-refractivity contribution in [2.75, 3.05) is 17.6 Å². The Balaban J connectivity index is 1.63. The molecule has 2 rings (SSSR count). The Bertz CT molecular complexity index is 804. The van der Waals surface area contributed by atoms with E-state index >= 15 is 0 Å². The van der Waals surface area contributed by atoms with Gasteiger partial charge in [-0.2, -0.15) is 10.4 Å². The summed E-state index contributed by atoms with van der Waals surface area (Å²) in [7, 11) is 0. The Morgan fingerprint density at radius 1 is 1.23 bits per heavy atom. The molecule has 2 amide bonds. The van der Waals surface area contributed by atoms with Crippen molar-refractivity contribution in [1.82, 2.24) is 15.5 Å². The Morgan fingerprint density at radius 3 is 2.62 bits per heavy atom. The molecule has 0 fully saturated rings. The molecule has 136 valence electrons. The summed E-state index contributed by atoms with van der Waals surface area (Å²) in [5, 5.41) is 21.1. The number of carbonyl (C=O) groups is 2. The van der Waals surface area contributed by atoms with Crippen LogP contribution in [0.2, 0.25) is 0 Å². The number of nitriles is 1. The van der Waals surface area contributed by atoms with Crippen LogP contribution in [0, 0.1) is 11.3 Å². The third-order valence-corrected chi connectivity index (χ3v) is 3.92. The number of Topliss-reactive ketones (excluding diaryl/α,β-unsaturated/α-hetero) is 1. The monoisotopic (exact) mass is 354 g/mol. The van der Waals surface area contributed by atoms with E-state index in [-0.39, 0.29) is 17.6 Å². The van der Waals surface area contributed by atoms with Crippen LogP contribution in [-0.4, -0.2) is 28.6 Å². The van der Waals surface area contributed by atoms with Gasteiger partial charge in [-0.15, -0.1) is 0 Å². The number of H-pyrrole nitrogens is 1. The highest BCUT2D eigenvalue weighted by Gasteiger charge is 2.09. The Hall–Kier alpha value is -3.34. The maximum atomic E-state index is 11.8. The summed E-state index contributed by atoms with van der Waals surface area (Å²) in [6, 6.07) is 8.50. The number of aromatic amines is 1. The molecular formula is C18H22N6O2. The highest BCUT2D eigenvalue weighted by molar-refractivity contribution is 5.95. The number of amides is 2. The number of aryl methyl sites for hydroxylation is 1. The first-order chi connectivity index (χ1) is 12.5. The number of nitrogens with one attached hydrogen (secondary N) is 3. The lowest BCUT2D eigenvalue weighted by atomic mass is 10.1. The Kier molecular flexibility index (Phi) is 6.74. The minimum Gasteiger partial charge on any atom is -0.381 e.